The lowest BCUT2D eigenvalue weighted by molar-refractivity contribution is -0.122. The minimum Gasteiger partial charge on any atom is -0.274 e. The van der Waals surface area contributed by atoms with E-state index in [2.05, 4.69) is 6.92 Å². The number of amides is 2. The minimum absolute atomic E-state index is 0.0578. The summed E-state index contributed by atoms with van der Waals surface area (Å²) in [5, 5.41) is 10.6. The molecular formula is C16H16N2O2S. The normalized spacial score (nSPS) is 28.4. The first-order valence-corrected chi connectivity index (χ1v) is 7.97. The Kier molecular flexibility index (Phi) is 3.73. The molecule has 1 aliphatic heterocycles. The molecule has 0 spiro atoms. The number of anilines is 1. The first-order valence-electron chi connectivity index (χ1n) is 7.15. The molecule has 1 saturated heterocycles. The van der Waals surface area contributed by atoms with Gasteiger partial charge in [0.25, 0.3) is 0 Å². The van der Waals surface area contributed by atoms with Crippen LogP contribution in [0.5, 0.6) is 0 Å². The van der Waals surface area contributed by atoms with E-state index in [9.17, 15) is 9.59 Å². The van der Waals surface area contributed by atoms with Crippen LogP contribution in [0.2, 0.25) is 0 Å². The summed E-state index contributed by atoms with van der Waals surface area (Å²) in [7, 11) is 0. The fourth-order valence-corrected chi connectivity index (χ4v) is 3.74. The van der Waals surface area contributed by atoms with E-state index in [-0.39, 0.29) is 23.7 Å². The number of thioether (sulfide) groups is 1. The molecule has 0 N–H and O–H groups in total. The highest BCUT2D eigenvalue weighted by Crippen LogP contribution is 2.42. The van der Waals surface area contributed by atoms with E-state index < -0.39 is 0 Å². The highest BCUT2D eigenvalue weighted by molar-refractivity contribution is 8.03. The van der Waals surface area contributed by atoms with Gasteiger partial charge in [-0.2, -0.15) is 5.26 Å². The topological polar surface area (TPSA) is 61.2 Å². The van der Waals surface area contributed by atoms with Crippen LogP contribution in [0.4, 0.5) is 5.69 Å². The summed E-state index contributed by atoms with van der Waals surface area (Å²) in [4.78, 5) is 27.2. The molecule has 2 amide bonds. The zero-order valence-corrected chi connectivity index (χ0v) is 12.6. The SMILES string of the molecule is C[C@@H]1CC[C@@H]2C(=O)N(c3ccc(SC#N)cc3)C(=O)[C@H]2C1. The third-order valence-corrected chi connectivity index (χ3v) is 5.05. The number of fused-ring (bicyclic) bond motifs is 1. The second-order valence-electron chi connectivity index (χ2n) is 5.83. The highest BCUT2D eigenvalue weighted by Gasteiger charge is 2.49. The van der Waals surface area contributed by atoms with Gasteiger partial charge >= 0.3 is 0 Å². The Labute approximate surface area is 128 Å². The van der Waals surface area contributed by atoms with Crippen LogP contribution >= 0.6 is 11.8 Å². The van der Waals surface area contributed by atoms with Crippen molar-refractivity contribution in [1.82, 2.24) is 0 Å². The zero-order chi connectivity index (χ0) is 15.0. The predicted octanol–water partition coefficient (Wildman–Crippen LogP) is 3.19. The molecule has 1 aromatic carbocycles. The second kappa shape index (κ2) is 5.53. The molecule has 0 radical (unpaired) electrons. The third kappa shape index (κ3) is 2.44. The van der Waals surface area contributed by atoms with Gasteiger partial charge in [0.1, 0.15) is 5.40 Å². The van der Waals surface area contributed by atoms with E-state index in [1.165, 1.54) is 4.90 Å². The summed E-state index contributed by atoms with van der Waals surface area (Å²) in [6.45, 7) is 2.14. The van der Waals surface area contributed by atoms with Crippen molar-refractivity contribution in [1.29, 1.82) is 5.26 Å². The average molecular weight is 300 g/mol. The van der Waals surface area contributed by atoms with Crippen molar-refractivity contribution in [3.05, 3.63) is 24.3 Å². The molecule has 21 heavy (non-hydrogen) atoms. The highest BCUT2D eigenvalue weighted by atomic mass is 32.2. The van der Waals surface area contributed by atoms with Crippen molar-refractivity contribution < 1.29 is 9.59 Å². The monoisotopic (exact) mass is 300 g/mol. The maximum Gasteiger partial charge on any atom is 0.237 e. The third-order valence-electron chi connectivity index (χ3n) is 4.45. The standard InChI is InChI=1S/C16H16N2O2S/c1-10-2-7-13-14(8-10)16(20)18(15(13)19)11-3-5-12(6-4-11)21-9-17/h3-6,10,13-14H,2,7-8H2,1H3/t10-,13+,14+/m1/s1. The molecule has 3 rings (SSSR count). The van der Waals surface area contributed by atoms with Gasteiger partial charge in [-0.05, 0) is 61.2 Å². The number of thiocyanates is 1. The van der Waals surface area contributed by atoms with Crippen molar-refractivity contribution in [3.8, 4) is 5.40 Å². The minimum atomic E-state index is -0.144. The molecule has 108 valence electrons. The van der Waals surface area contributed by atoms with Crippen LogP contribution in [0, 0.1) is 28.4 Å². The van der Waals surface area contributed by atoms with E-state index >= 15 is 0 Å². The number of carbonyl (C=O) groups excluding carboxylic acids is 2. The van der Waals surface area contributed by atoms with Crippen LogP contribution < -0.4 is 4.90 Å². The van der Waals surface area contributed by atoms with E-state index in [0.29, 0.717) is 11.6 Å². The van der Waals surface area contributed by atoms with Gasteiger partial charge < -0.3 is 0 Å². The molecule has 0 aromatic heterocycles. The van der Waals surface area contributed by atoms with Crippen molar-refractivity contribution in [2.75, 3.05) is 4.90 Å². The Morgan fingerprint density at radius 1 is 1.14 bits per heavy atom. The number of carbonyl (C=O) groups is 2. The molecule has 1 saturated carbocycles. The number of hydrogen-bond donors (Lipinski definition) is 0. The molecule has 0 unspecified atom stereocenters. The molecule has 5 heteroatoms. The van der Waals surface area contributed by atoms with Gasteiger partial charge in [0.2, 0.25) is 11.8 Å². The van der Waals surface area contributed by atoms with Crippen molar-refractivity contribution in [2.24, 2.45) is 17.8 Å². The van der Waals surface area contributed by atoms with Gasteiger partial charge in [-0.1, -0.05) is 6.92 Å². The average Bonchev–Trinajstić information content (AvgIpc) is 2.72. The Bertz CT molecular complexity index is 620. The van der Waals surface area contributed by atoms with E-state index in [1.54, 1.807) is 24.3 Å². The fourth-order valence-electron chi connectivity index (χ4n) is 3.36. The number of imide groups is 1. The second-order valence-corrected chi connectivity index (χ2v) is 6.69. The van der Waals surface area contributed by atoms with Crippen LogP contribution in [-0.2, 0) is 9.59 Å². The summed E-state index contributed by atoms with van der Waals surface area (Å²) in [6, 6.07) is 7.04. The van der Waals surface area contributed by atoms with Crippen molar-refractivity contribution >= 4 is 29.3 Å². The number of nitrogens with zero attached hydrogens (tertiary/aromatic N) is 2. The molecule has 2 aliphatic rings. The summed E-state index contributed by atoms with van der Waals surface area (Å²) in [6.07, 6.45) is 2.65. The van der Waals surface area contributed by atoms with E-state index in [4.69, 9.17) is 5.26 Å². The number of hydrogen-bond acceptors (Lipinski definition) is 4. The molecule has 0 bridgehead atoms. The maximum atomic E-state index is 12.6. The summed E-state index contributed by atoms with van der Waals surface area (Å²) < 4.78 is 0. The molecule has 3 atom stereocenters. The maximum absolute atomic E-state index is 12.6. The van der Waals surface area contributed by atoms with Crippen LogP contribution in [0.15, 0.2) is 29.2 Å². The van der Waals surface area contributed by atoms with Gasteiger partial charge in [0.05, 0.1) is 17.5 Å². The molecular weight excluding hydrogens is 284 g/mol. The smallest absolute Gasteiger partial charge is 0.237 e. The first kappa shape index (κ1) is 14.2. The predicted molar refractivity (Wildman–Crippen MR) is 80.4 cm³/mol. The molecule has 4 nitrogen and oxygen atoms in total. The van der Waals surface area contributed by atoms with Gasteiger partial charge in [0, 0.05) is 4.90 Å². The fraction of sp³-hybridized carbons (Fsp3) is 0.438. The Hall–Kier alpha value is -1.80. The van der Waals surface area contributed by atoms with Crippen molar-refractivity contribution in [2.45, 2.75) is 31.1 Å². The van der Waals surface area contributed by atoms with Crippen LogP contribution in [0.1, 0.15) is 26.2 Å². The lowest BCUT2D eigenvalue weighted by Crippen LogP contribution is -2.30. The van der Waals surface area contributed by atoms with E-state index in [1.807, 2.05) is 5.40 Å². The molecule has 1 heterocycles. The van der Waals surface area contributed by atoms with E-state index in [0.717, 1.165) is 35.9 Å². The van der Waals surface area contributed by atoms with Gasteiger partial charge in [0.15, 0.2) is 0 Å². The van der Waals surface area contributed by atoms with Crippen LogP contribution in [-0.4, -0.2) is 11.8 Å². The molecule has 2 fully saturated rings. The molecule has 1 aromatic rings. The van der Waals surface area contributed by atoms with Gasteiger partial charge in [-0.15, -0.1) is 0 Å². The Morgan fingerprint density at radius 3 is 2.48 bits per heavy atom. The van der Waals surface area contributed by atoms with Crippen LogP contribution in [0.3, 0.4) is 0 Å². The summed E-state index contributed by atoms with van der Waals surface area (Å²) >= 11 is 1.07. The quantitative estimate of drug-likeness (QED) is 0.478. The number of rotatable bonds is 2. The number of nitriles is 1. The zero-order valence-electron chi connectivity index (χ0n) is 11.8. The Balaban J connectivity index is 1.87. The van der Waals surface area contributed by atoms with Gasteiger partial charge in [-0.3, -0.25) is 14.5 Å². The molecule has 1 aliphatic carbocycles. The van der Waals surface area contributed by atoms with Crippen LogP contribution in [0.25, 0.3) is 0 Å². The number of benzene rings is 1. The lowest BCUT2D eigenvalue weighted by atomic mass is 9.76. The first-order chi connectivity index (χ1) is 10.1. The summed E-state index contributed by atoms with van der Waals surface area (Å²) in [5.74, 6) is 0.114. The van der Waals surface area contributed by atoms with Crippen molar-refractivity contribution in [3.63, 3.8) is 0 Å². The summed E-state index contributed by atoms with van der Waals surface area (Å²) in [5.41, 5.74) is 0.620. The Morgan fingerprint density at radius 2 is 1.81 bits per heavy atom. The van der Waals surface area contributed by atoms with Gasteiger partial charge in [-0.25, -0.2) is 0 Å². The lowest BCUT2D eigenvalue weighted by Gasteiger charge is -2.25. The largest absolute Gasteiger partial charge is 0.274 e.